The number of nitrogens with one attached hydrogen (secondary N) is 1. The zero-order valence-corrected chi connectivity index (χ0v) is 12.8. The fourth-order valence-electron chi connectivity index (χ4n) is 2.36. The lowest BCUT2D eigenvalue weighted by Crippen LogP contribution is -2.21. The maximum absolute atomic E-state index is 13.2. The molecule has 25 heavy (non-hydrogen) atoms. The number of fused-ring (bicyclic) bond motifs is 1. The first kappa shape index (κ1) is 15.1. The molecule has 2 heterocycles. The van der Waals surface area contributed by atoms with Gasteiger partial charge in [-0.3, -0.25) is 10.1 Å². The number of halogens is 1. The zero-order valence-electron chi connectivity index (χ0n) is 12.8. The molecule has 3 aromatic rings. The molecule has 8 heteroatoms. The third-order valence-corrected chi connectivity index (χ3v) is 3.53. The first-order valence-electron chi connectivity index (χ1n) is 7.48. The Morgan fingerprint density at radius 2 is 1.96 bits per heavy atom. The molecule has 2 aromatic carbocycles. The van der Waals surface area contributed by atoms with Crippen LogP contribution in [0.3, 0.4) is 0 Å². The van der Waals surface area contributed by atoms with Crippen molar-refractivity contribution in [2.75, 3.05) is 11.9 Å². The molecule has 0 spiro atoms. The molecule has 0 aliphatic carbocycles. The third-order valence-electron chi connectivity index (χ3n) is 3.53. The Morgan fingerprint density at radius 1 is 1.12 bits per heavy atom. The van der Waals surface area contributed by atoms with Gasteiger partial charge in [0.25, 0.3) is 11.8 Å². The number of hydrogen-bond donors (Lipinski definition) is 1. The van der Waals surface area contributed by atoms with Crippen LogP contribution in [-0.4, -0.2) is 22.7 Å². The van der Waals surface area contributed by atoms with E-state index in [4.69, 9.17) is 13.9 Å². The highest BCUT2D eigenvalue weighted by molar-refractivity contribution is 6.03. The summed E-state index contributed by atoms with van der Waals surface area (Å²) < 4.78 is 29.9. The van der Waals surface area contributed by atoms with Crippen molar-refractivity contribution in [2.24, 2.45) is 0 Å². The van der Waals surface area contributed by atoms with Gasteiger partial charge >= 0.3 is 6.01 Å². The van der Waals surface area contributed by atoms with Crippen molar-refractivity contribution in [1.82, 2.24) is 10.2 Å². The van der Waals surface area contributed by atoms with Crippen LogP contribution in [0, 0.1) is 5.82 Å². The summed E-state index contributed by atoms with van der Waals surface area (Å²) in [5.74, 6) is 0.315. The predicted molar refractivity (Wildman–Crippen MR) is 84.0 cm³/mol. The van der Waals surface area contributed by atoms with Crippen LogP contribution in [-0.2, 0) is 0 Å². The summed E-state index contributed by atoms with van der Waals surface area (Å²) in [5.41, 5.74) is 0.144. The minimum atomic E-state index is -0.581. The Bertz CT molecular complexity index is 928. The summed E-state index contributed by atoms with van der Waals surface area (Å²) in [5, 5.41) is 10.0. The molecule has 1 atom stereocenters. The fraction of sp³-hybridized carbons (Fsp3) is 0.118. The number of ether oxygens (including phenoxy) is 2. The van der Waals surface area contributed by atoms with E-state index in [1.165, 1.54) is 18.2 Å². The van der Waals surface area contributed by atoms with Crippen molar-refractivity contribution in [3.8, 4) is 11.5 Å². The Morgan fingerprint density at radius 3 is 2.80 bits per heavy atom. The van der Waals surface area contributed by atoms with E-state index in [1.54, 1.807) is 12.1 Å². The van der Waals surface area contributed by atoms with Crippen LogP contribution >= 0.6 is 0 Å². The van der Waals surface area contributed by atoms with Crippen LogP contribution in [0.5, 0.6) is 11.5 Å². The first-order valence-corrected chi connectivity index (χ1v) is 7.48. The maximum Gasteiger partial charge on any atom is 0.322 e. The Labute approximate surface area is 141 Å². The summed E-state index contributed by atoms with van der Waals surface area (Å²) in [7, 11) is 0. The van der Waals surface area contributed by atoms with Gasteiger partial charge in [0.2, 0.25) is 6.10 Å². The Balaban J connectivity index is 1.47. The van der Waals surface area contributed by atoms with Crippen LogP contribution < -0.4 is 14.8 Å². The lowest BCUT2D eigenvalue weighted by atomic mass is 10.2. The summed E-state index contributed by atoms with van der Waals surface area (Å²) in [6, 6.07) is 12.4. The number of nitrogens with zero attached hydrogens (tertiary/aromatic N) is 2. The molecule has 126 valence electrons. The summed E-state index contributed by atoms with van der Waals surface area (Å²) >= 11 is 0. The second-order valence-electron chi connectivity index (χ2n) is 5.27. The lowest BCUT2D eigenvalue weighted by Gasteiger charge is -2.23. The monoisotopic (exact) mass is 341 g/mol. The van der Waals surface area contributed by atoms with Gasteiger partial charge in [0.1, 0.15) is 12.4 Å². The number of rotatable bonds is 3. The quantitative estimate of drug-likeness (QED) is 0.788. The van der Waals surface area contributed by atoms with Crippen molar-refractivity contribution in [2.45, 2.75) is 6.10 Å². The second-order valence-corrected chi connectivity index (χ2v) is 5.27. The second kappa shape index (κ2) is 6.23. The SMILES string of the molecule is O=C(Nc1nnc(C2COc3ccccc3O2)o1)c1cccc(F)c1. The molecule has 1 aliphatic heterocycles. The summed E-state index contributed by atoms with van der Waals surface area (Å²) in [6.07, 6.45) is -0.581. The largest absolute Gasteiger partial charge is 0.485 e. The number of carbonyl (C=O) groups excluding carboxylic acids is 1. The highest BCUT2D eigenvalue weighted by atomic mass is 19.1. The Hall–Kier alpha value is -3.42. The highest BCUT2D eigenvalue weighted by Gasteiger charge is 2.27. The topological polar surface area (TPSA) is 86.5 Å². The third kappa shape index (κ3) is 3.14. The molecular formula is C17H12FN3O4. The summed E-state index contributed by atoms with van der Waals surface area (Å²) in [4.78, 5) is 12.1. The number of para-hydroxylation sites is 2. The molecular weight excluding hydrogens is 329 g/mol. The first-order chi connectivity index (χ1) is 12.2. The predicted octanol–water partition coefficient (Wildman–Crippen LogP) is 2.97. The van der Waals surface area contributed by atoms with Gasteiger partial charge in [-0.25, -0.2) is 4.39 Å². The van der Waals surface area contributed by atoms with E-state index >= 15 is 0 Å². The van der Waals surface area contributed by atoms with Gasteiger partial charge < -0.3 is 13.9 Å². The standard InChI is InChI=1S/C17H12FN3O4/c18-11-5-3-4-10(8-11)15(22)19-17-21-20-16(25-17)14-9-23-12-6-1-2-7-13(12)24-14/h1-8,14H,9H2,(H,19,21,22). The van der Waals surface area contributed by atoms with E-state index in [9.17, 15) is 9.18 Å². The van der Waals surface area contributed by atoms with Gasteiger partial charge in [0.05, 0.1) is 0 Å². The number of benzene rings is 2. The van der Waals surface area contributed by atoms with E-state index in [0.717, 1.165) is 6.07 Å². The van der Waals surface area contributed by atoms with Crippen LogP contribution in [0.4, 0.5) is 10.4 Å². The fourth-order valence-corrected chi connectivity index (χ4v) is 2.36. The normalized spacial score (nSPS) is 15.6. The molecule has 1 amide bonds. The van der Waals surface area contributed by atoms with Crippen molar-refractivity contribution >= 4 is 11.9 Å². The molecule has 0 bridgehead atoms. The zero-order chi connectivity index (χ0) is 17.2. The van der Waals surface area contributed by atoms with Crippen molar-refractivity contribution < 1.29 is 23.1 Å². The average Bonchev–Trinajstić information content (AvgIpc) is 3.10. The maximum atomic E-state index is 13.2. The number of anilines is 1. The molecule has 0 fully saturated rings. The number of amides is 1. The number of hydrogen-bond acceptors (Lipinski definition) is 6. The molecule has 1 aliphatic rings. The molecule has 7 nitrogen and oxygen atoms in total. The molecule has 1 unspecified atom stereocenters. The van der Waals surface area contributed by atoms with E-state index in [2.05, 4.69) is 15.5 Å². The smallest absolute Gasteiger partial charge is 0.322 e. The minimum absolute atomic E-state index is 0.105. The molecule has 1 aromatic heterocycles. The van der Waals surface area contributed by atoms with Crippen molar-refractivity contribution in [3.05, 3.63) is 65.8 Å². The molecule has 4 rings (SSSR count). The molecule has 0 saturated heterocycles. The summed E-state index contributed by atoms with van der Waals surface area (Å²) in [6.45, 7) is 0.205. The molecule has 1 N–H and O–H groups in total. The van der Waals surface area contributed by atoms with E-state index in [0.29, 0.717) is 11.5 Å². The Kier molecular flexibility index (Phi) is 3.77. The van der Waals surface area contributed by atoms with Crippen LogP contribution in [0.15, 0.2) is 52.9 Å². The van der Waals surface area contributed by atoms with Crippen LogP contribution in [0.2, 0.25) is 0 Å². The molecule has 0 radical (unpaired) electrons. The molecule has 0 saturated carbocycles. The number of carbonyl (C=O) groups is 1. The van der Waals surface area contributed by atoms with Crippen molar-refractivity contribution in [1.29, 1.82) is 0 Å². The van der Waals surface area contributed by atoms with Gasteiger partial charge in [-0.15, -0.1) is 5.10 Å². The van der Waals surface area contributed by atoms with E-state index < -0.39 is 17.8 Å². The van der Waals surface area contributed by atoms with E-state index in [1.807, 2.05) is 12.1 Å². The van der Waals surface area contributed by atoms with Crippen LogP contribution in [0.25, 0.3) is 0 Å². The minimum Gasteiger partial charge on any atom is -0.485 e. The average molecular weight is 341 g/mol. The van der Waals surface area contributed by atoms with Gasteiger partial charge in [-0.2, -0.15) is 0 Å². The van der Waals surface area contributed by atoms with Crippen molar-refractivity contribution in [3.63, 3.8) is 0 Å². The van der Waals surface area contributed by atoms with Crippen LogP contribution in [0.1, 0.15) is 22.4 Å². The van der Waals surface area contributed by atoms with Gasteiger partial charge in [-0.05, 0) is 30.3 Å². The van der Waals surface area contributed by atoms with Gasteiger partial charge in [-0.1, -0.05) is 23.3 Å². The highest BCUT2D eigenvalue weighted by Crippen LogP contribution is 2.35. The number of aromatic nitrogens is 2. The van der Waals surface area contributed by atoms with Gasteiger partial charge in [0.15, 0.2) is 11.5 Å². The van der Waals surface area contributed by atoms with E-state index in [-0.39, 0.29) is 24.1 Å². The van der Waals surface area contributed by atoms with Gasteiger partial charge in [0, 0.05) is 5.56 Å². The lowest BCUT2D eigenvalue weighted by molar-refractivity contribution is 0.0716.